The average molecular weight is 370 g/mol. The molecule has 3 N–H and O–H groups in total. The number of benzene rings is 1. The summed E-state index contributed by atoms with van der Waals surface area (Å²) < 4.78 is 15.2. The van der Waals surface area contributed by atoms with E-state index in [1.165, 1.54) is 23.9 Å². The molecule has 132 valence electrons. The second-order valence-corrected chi connectivity index (χ2v) is 6.71. The molecule has 4 rings (SSSR count). The van der Waals surface area contributed by atoms with Gasteiger partial charge >= 0.3 is 0 Å². The van der Waals surface area contributed by atoms with E-state index in [2.05, 4.69) is 25.5 Å². The molecule has 0 fully saturated rings. The maximum atomic E-state index is 13.4. The van der Waals surface area contributed by atoms with Gasteiger partial charge in [-0.15, -0.1) is 0 Å². The summed E-state index contributed by atoms with van der Waals surface area (Å²) in [4.78, 5) is 9.67. The molecule has 9 heteroatoms. The maximum Gasteiger partial charge on any atom is 0.215 e. The molecule has 3 heterocycles. The van der Waals surface area contributed by atoms with E-state index in [1.54, 1.807) is 18.5 Å². The van der Waals surface area contributed by atoms with Crippen LogP contribution in [0.2, 0.25) is 0 Å². The Hall–Kier alpha value is -2.91. The number of fused-ring (bicyclic) bond motifs is 1. The second kappa shape index (κ2) is 6.77. The van der Waals surface area contributed by atoms with Gasteiger partial charge in [0, 0.05) is 35.1 Å². The predicted molar refractivity (Wildman–Crippen MR) is 96.0 cm³/mol. The SMILES string of the molecule is Cc1cc(Nc2nc(Sc3ccc(F)cc3CO)cc3nccn23)n[nH]1. The molecule has 0 bridgehead atoms. The van der Waals surface area contributed by atoms with Crippen LogP contribution in [0.1, 0.15) is 11.3 Å². The van der Waals surface area contributed by atoms with Gasteiger partial charge in [0.2, 0.25) is 5.95 Å². The number of aromatic nitrogens is 5. The van der Waals surface area contributed by atoms with Crippen LogP contribution in [0.3, 0.4) is 0 Å². The Bertz CT molecular complexity index is 1080. The van der Waals surface area contributed by atoms with Gasteiger partial charge in [0.25, 0.3) is 0 Å². The van der Waals surface area contributed by atoms with Gasteiger partial charge in [0.05, 0.1) is 6.61 Å². The van der Waals surface area contributed by atoms with Crippen molar-refractivity contribution >= 4 is 29.2 Å². The smallest absolute Gasteiger partial charge is 0.215 e. The number of nitrogens with one attached hydrogen (secondary N) is 2. The minimum Gasteiger partial charge on any atom is -0.392 e. The van der Waals surface area contributed by atoms with Crippen LogP contribution in [0, 0.1) is 12.7 Å². The third-order valence-corrected chi connectivity index (χ3v) is 4.76. The quantitative estimate of drug-likeness (QED) is 0.467. The van der Waals surface area contributed by atoms with E-state index in [-0.39, 0.29) is 12.4 Å². The third-order valence-electron chi connectivity index (χ3n) is 3.72. The van der Waals surface area contributed by atoms with Gasteiger partial charge in [0.1, 0.15) is 16.5 Å². The number of imidazole rings is 1. The van der Waals surface area contributed by atoms with Crippen LogP contribution in [0.5, 0.6) is 0 Å². The van der Waals surface area contributed by atoms with Gasteiger partial charge in [-0.2, -0.15) is 5.10 Å². The van der Waals surface area contributed by atoms with E-state index < -0.39 is 0 Å². The second-order valence-electron chi connectivity index (χ2n) is 5.65. The Labute approximate surface area is 152 Å². The summed E-state index contributed by atoms with van der Waals surface area (Å²) in [5.74, 6) is 0.818. The van der Waals surface area contributed by atoms with E-state index in [9.17, 15) is 9.50 Å². The number of hydrogen-bond donors (Lipinski definition) is 3. The first-order chi connectivity index (χ1) is 12.6. The normalized spacial score (nSPS) is 11.2. The Morgan fingerprint density at radius 3 is 2.96 bits per heavy atom. The van der Waals surface area contributed by atoms with Crippen molar-refractivity contribution in [3.63, 3.8) is 0 Å². The van der Waals surface area contributed by atoms with Gasteiger partial charge in [0.15, 0.2) is 5.82 Å². The Kier molecular flexibility index (Phi) is 4.31. The maximum absolute atomic E-state index is 13.4. The number of hydrogen-bond acceptors (Lipinski definition) is 6. The molecule has 0 aliphatic carbocycles. The van der Waals surface area contributed by atoms with Gasteiger partial charge < -0.3 is 10.4 Å². The Morgan fingerprint density at radius 2 is 2.19 bits per heavy atom. The van der Waals surface area contributed by atoms with Gasteiger partial charge in [-0.05, 0) is 30.7 Å². The molecule has 0 unspecified atom stereocenters. The van der Waals surface area contributed by atoms with Crippen molar-refractivity contribution in [3.8, 4) is 0 Å². The standard InChI is InChI=1S/C17H15FN6OS/c1-10-6-14(23-22-10)20-17-21-16(8-15-19-4-5-24(15)17)26-13-3-2-12(18)7-11(13)9-25/h2-8,25H,9H2,1H3,(H2,20,21,22,23). The summed E-state index contributed by atoms with van der Waals surface area (Å²) in [6.07, 6.45) is 3.49. The van der Waals surface area contributed by atoms with Crippen LogP contribution in [0.25, 0.3) is 5.65 Å². The highest BCUT2D eigenvalue weighted by Crippen LogP contribution is 2.31. The van der Waals surface area contributed by atoms with Crippen LogP contribution in [0.15, 0.2) is 52.6 Å². The largest absolute Gasteiger partial charge is 0.392 e. The molecule has 7 nitrogen and oxygen atoms in total. The number of anilines is 2. The molecule has 1 aromatic carbocycles. The van der Waals surface area contributed by atoms with Gasteiger partial charge in [-0.3, -0.25) is 9.50 Å². The molecule has 3 aromatic heterocycles. The van der Waals surface area contributed by atoms with Crippen molar-refractivity contribution in [1.29, 1.82) is 0 Å². The molecule has 0 spiro atoms. The molecule has 0 saturated heterocycles. The fraction of sp³-hybridized carbons (Fsp3) is 0.118. The number of aliphatic hydroxyl groups excluding tert-OH is 1. The van der Waals surface area contributed by atoms with Crippen molar-refractivity contribution in [2.75, 3.05) is 5.32 Å². The fourth-order valence-corrected chi connectivity index (χ4v) is 3.44. The Balaban J connectivity index is 1.72. The lowest BCUT2D eigenvalue weighted by Gasteiger charge is -2.10. The molecule has 26 heavy (non-hydrogen) atoms. The minimum absolute atomic E-state index is 0.247. The van der Waals surface area contributed by atoms with Crippen molar-refractivity contribution in [2.45, 2.75) is 23.5 Å². The molecule has 0 aliphatic heterocycles. The summed E-state index contributed by atoms with van der Waals surface area (Å²) in [5, 5.41) is 20.3. The molecule has 0 aliphatic rings. The lowest BCUT2D eigenvalue weighted by Crippen LogP contribution is -2.02. The van der Waals surface area contributed by atoms with Crippen molar-refractivity contribution in [2.24, 2.45) is 0 Å². The zero-order chi connectivity index (χ0) is 18.1. The first kappa shape index (κ1) is 16.6. The van der Waals surface area contributed by atoms with Crippen molar-refractivity contribution in [1.82, 2.24) is 24.6 Å². The average Bonchev–Trinajstić information content (AvgIpc) is 3.25. The topological polar surface area (TPSA) is 91.1 Å². The zero-order valence-corrected chi connectivity index (χ0v) is 14.6. The Morgan fingerprint density at radius 1 is 1.31 bits per heavy atom. The van der Waals surface area contributed by atoms with Crippen LogP contribution in [-0.2, 0) is 6.61 Å². The van der Waals surface area contributed by atoms with E-state index in [0.29, 0.717) is 28.0 Å². The van der Waals surface area contributed by atoms with E-state index in [0.717, 1.165) is 10.6 Å². The third kappa shape index (κ3) is 3.26. The number of rotatable bonds is 5. The lowest BCUT2D eigenvalue weighted by atomic mass is 10.2. The molecular formula is C17H15FN6OS. The molecule has 0 atom stereocenters. The summed E-state index contributed by atoms with van der Waals surface area (Å²) in [7, 11) is 0. The molecule has 0 saturated carbocycles. The molecular weight excluding hydrogens is 355 g/mol. The summed E-state index contributed by atoms with van der Waals surface area (Å²) in [6, 6.07) is 8.01. The highest BCUT2D eigenvalue weighted by Gasteiger charge is 2.12. The van der Waals surface area contributed by atoms with Crippen molar-refractivity contribution in [3.05, 3.63) is 59.8 Å². The van der Waals surface area contributed by atoms with E-state index >= 15 is 0 Å². The van der Waals surface area contributed by atoms with E-state index in [1.807, 2.05) is 23.5 Å². The van der Waals surface area contributed by atoms with Crippen LogP contribution >= 0.6 is 11.8 Å². The fourth-order valence-electron chi connectivity index (χ4n) is 2.52. The summed E-state index contributed by atoms with van der Waals surface area (Å²) >= 11 is 1.34. The number of H-pyrrole nitrogens is 1. The van der Waals surface area contributed by atoms with E-state index in [4.69, 9.17) is 0 Å². The number of aromatic amines is 1. The van der Waals surface area contributed by atoms with Crippen LogP contribution in [-0.4, -0.2) is 29.7 Å². The predicted octanol–water partition coefficient (Wildman–Crippen LogP) is 3.29. The number of aliphatic hydroxyl groups is 1. The molecule has 0 amide bonds. The van der Waals surface area contributed by atoms with Crippen molar-refractivity contribution < 1.29 is 9.50 Å². The highest BCUT2D eigenvalue weighted by molar-refractivity contribution is 7.99. The highest BCUT2D eigenvalue weighted by atomic mass is 32.2. The lowest BCUT2D eigenvalue weighted by molar-refractivity contribution is 0.278. The summed E-state index contributed by atoms with van der Waals surface area (Å²) in [5.41, 5.74) is 2.15. The first-order valence-corrected chi connectivity index (χ1v) is 8.64. The van der Waals surface area contributed by atoms with Gasteiger partial charge in [-0.25, -0.2) is 14.4 Å². The zero-order valence-electron chi connectivity index (χ0n) is 13.8. The number of halogens is 1. The number of nitrogens with zero attached hydrogens (tertiary/aromatic N) is 4. The van der Waals surface area contributed by atoms with Crippen LogP contribution < -0.4 is 5.32 Å². The summed E-state index contributed by atoms with van der Waals surface area (Å²) in [6.45, 7) is 1.67. The van der Waals surface area contributed by atoms with Gasteiger partial charge in [-0.1, -0.05) is 11.8 Å². The van der Waals surface area contributed by atoms with Crippen LogP contribution in [0.4, 0.5) is 16.2 Å². The molecule has 4 aromatic rings. The first-order valence-electron chi connectivity index (χ1n) is 7.82. The molecule has 0 radical (unpaired) electrons. The number of aryl methyl sites for hydroxylation is 1. The minimum atomic E-state index is -0.383. The monoisotopic (exact) mass is 370 g/mol.